The highest BCUT2D eigenvalue weighted by atomic mass is 16.6. The Morgan fingerprint density at radius 1 is 1.43 bits per heavy atom. The molecule has 3 rings (SSSR count). The van der Waals surface area contributed by atoms with E-state index in [4.69, 9.17) is 5.26 Å². The summed E-state index contributed by atoms with van der Waals surface area (Å²) in [4.78, 5) is 15.6. The first-order valence-electron chi connectivity index (χ1n) is 6.13. The van der Waals surface area contributed by atoms with Crippen LogP contribution in [0.1, 0.15) is 6.92 Å². The molecule has 1 N–H and O–H groups in total. The number of fused-ring (bicyclic) bond motifs is 1. The molecule has 1 aromatic carbocycles. The summed E-state index contributed by atoms with van der Waals surface area (Å²) in [6.45, 7) is 1.46. The van der Waals surface area contributed by atoms with Crippen molar-refractivity contribution in [2.45, 2.75) is 13.5 Å². The second-order valence-corrected chi connectivity index (χ2v) is 4.31. The van der Waals surface area contributed by atoms with Gasteiger partial charge in [-0.2, -0.15) is 5.26 Å². The molecular formula is C13H10N6O2. The molecule has 0 atom stereocenters. The minimum atomic E-state index is -0.296. The highest BCUT2D eigenvalue weighted by molar-refractivity contribution is 5.91. The largest absolute Gasteiger partial charge is 0.308 e. The lowest BCUT2D eigenvalue weighted by atomic mass is 10.3. The van der Waals surface area contributed by atoms with Gasteiger partial charge >= 0.3 is 0 Å². The summed E-state index contributed by atoms with van der Waals surface area (Å²) < 4.78 is 6.37. The zero-order valence-electron chi connectivity index (χ0n) is 11.1. The average molecular weight is 282 g/mol. The van der Waals surface area contributed by atoms with Crippen molar-refractivity contribution in [3.8, 4) is 17.6 Å². The number of benzene rings is 1. The fourth-order valence-corrected chi connectivity index (χ4v) is 2.07. The highest BCUT2D eigenvalue weighted by Crippen LogP contribution is 2.27. The van der Waals surface area contributed by atoms with Gasteiger partial charge in [-0.15, -0.1) is 0 Å². The molecule has 0 saturated heterocycles. The summed E-state index contributed by atoms with van der Waals surface area (Å²) in [5, 5.41) is 19.0. The number of imidazole rings is 1. The molecule has 1 amide bonds. The van der Waals surface area contributed by atoms with E-state index in [1.165, 1.54) is 6.92 Å². The quantitative estimate of drug-likeness (QED) is 0.780. The van der Waals surface area contributed by atoms with Gasteiger partial charge in [0.2, 0.25) is 11.7 Å². The van der Waals surface area contributed by atoms with Crippen molar-refractivity contribution in [2.75, 3.05) is 5.32 Å². The van der Waals surface area contributed by atoms with Gasteiger partial charge in [-0.05, 0) is 22.4 Å². The van der Waals surface area contributed by atoms with Crippen molar-refractivity contribution in [3.63, 3.8) is 0 Å². The number of hydrogen-bond acceptors (Lipinski definition) is 6. The number of carbonyl (C=O) groups is 1. The third-order valence-electron chi connectivity index (χ3n) is 2.88. The van der Waals surface area contributed by atoms with Crippen molar-refractivity contribution < 1.29 is 9.42 Å². The Morgan fingerprint density at radius 3 is 3.00 bits per heavy atom. The van der Waals surface area contributed by atoms with Crippen LogP contribution in [0.2, 0.25) is 0 Å². The Labute approximate surface area is 119 Å². The molecule has 2 heterocycles. The van der Waals surface area contributed by atoms with Gasteiger partial charge in [0.25, 0.3) is 0 Å². The molecule has 104 valence electrons. The Balaban J connectivity index is 2.20. The molecule has 3 aromatic rings. The van der Waals surface area contributed by atoms with Crippen molar-refractivity contribution in [1.82, 2.24) is 19.9 Å². The van der Waals surface area contributed by atoms with E-state index in [9.17, 15) is 4.79 Å². The second-order valence-electron chi connectivity index (χ2n) is 4.31. The Hall–Kier alpha value is -3.21. The molecule has 0 spiro atoms. The van der Waals surface area contributed by atoms with Gasteiger partial charge in [-0.25, -0.2) is 9.61 Å². The third-order valence-corrected chi connectivity index (χ3v) is 2.88. The van der Waals surface area contributed by atoms with Gasteiger partial charge in [0.15, 0.2) is 11.5 Å². The van der Waals surface area contributed by atoms with Crippen LogP contribution in [0, 0.1) is 11.3 Å². The predicted octanol–water partition coefficient (Wildman–Crippen LogP) is 1.57. The molecule has 0 aliphatic rings. The number of nitriles is 1. The Kier molecular flexibility index (Phi) is 3.08. The van der Waals surface area contributed by atoms with E-state index in [-0.39, 0.29) is 24.0 Å². The van der Waals surface area contributed by atoms with E-state index in [0.29, 0.717) is 5.82 Å². The minimum Gasteiger partial charge on any atom is -0.308 e. The summed E-state index contributed by atoms with van der Waals surface area (Å²) in [6.07, 6.45) is 0. The van der Waals surface area contributed by atoms with Crippen LogP contribution in [0.25, 0.3) is 22.6 Å². The van der Waals surface area contributed by atoms with Crippen LogP contribution in [0.5, 0.6) is 0 Å². The number of anilines is 1. The minimum absolute atomic E-state index is 0.0994. The van der Waals surface area contributed by atoms with Crippen LogP contribution in [0.3, 0.4) is 0 Å². The summed E-state index contributed by atoms with van der Waals surface area (Å²) in [6, 6.07) is 9.48. The summed E-state index contributed by atoms with van der Waals surface area (Å²) in [7, 11) is 0. The predicted molar refractivity (Wildman–Crippen MR) is 72.9 cm³/mol. The summed E-state index contributed by atoms with van der Waals surface area (Å²) in [5.41, 5.74) is 1.81. The van der Waals surface area contributed by atoms with Crippen molar-refractivity contribution >= 4 is 22.8 Å². The van der Waals surface area contributed by atoms with Gasteiger partial charge in [0.1, 0.15) is 6.54 Å². The molecule has 0 saturated carbocycles. The molecule has 8 heteroatoms. The van der Waals surface area contributed by atoms with Crippen molar-refractivity contribution in [1.29, 1.82) is 5.26 Å². The number of carbonyl (C=O) groups excluding carboxylic acids is 1. The number of para-hydroxylation sites is 2. The number of nitrogens with zero attached hydrogens (tertiary/aromatic N) is 5. The lowest BCUT2D eigenvalue weighted by Gasteiger charge is -2.03. The van der Waals surface area contributed by atoms with Gasteiger partial charge in [0, 0.05) is 6.92 Å². The Morgan fingerprint density at radius 2 is 2.24 bits per heavy atom. The number of amides is 1. The molecule has 0 aliphatic heterocycles. The van der Waals surface area contributed by atoms with E-state index in [1.54, 1.807) is 4.57 Å². The first kappa shape index (κ1) is 12.8. The first-order chi connectivity index (χ1) is 10.2. The third kappa shape index (κ3) is 2.21. The van der Waals surface area contributed by atoms with Crippen LogP contribution >= 0.6 is 0 Å². The van der Waals surface area contributed by atoms with Gasteiger partial charge in [-0.3, -0.25) is 4.79 Å². The van der Waals surface area contributed by atoms with E-state index in [1.807, 2.05) is 24.3 Å². The molecule has 0 aliphatic carbocycles. The lowest BCUT2D eigenvalue weighted by molar-refractivity contribution is -0.114. The summed E-state index contributed by atoms with van der Waals surface area (Å²) in [5.74, 6) is 0.301. The maximum absolute atomic E-state index is 11.2. The number of hydrogen-bond donors (Lipinski definition) is 1. The first-order valence-corrected chi connectivity index (χ1v) is 6.13. The van der Waals surface area contributed by atoms with Crippen LogP contribution < -0.4 is 5.32 Å². The normalized spacial score (nSPS) is 10.5. The molecule has 0 bridgehead atoms. The molecule has 21 heavy (non-hydrogen) atoms. The monoisotopic (exact) mass is 282 g/mol. The topological polar surface area (TPSA) is 110 Å². The zero-order chi connectivity index (χ0) is 14.8. The Bertz CT molecular complexity index is 857. The standard InChI is InChI=1S/C13H10N6O2/c1-8(20)15-12-11(17-21-18-12)13-16-9-4-2-3-5-10(9)19(13)7-6-14/h2-5H,7H2,1H3,(H,15,18,20). The number of nitrogens with one attached hydrogen (secondary N) is 1. The number of aromatic nitrogens is 4. The van der Waals surface area contributed by atoms with Gasteiger partial charge < -0.3 is 9.88 Å². The van der Waals surface area contributed by atoms with E-state index < -0.39 is 0 Å². The molecular weight excluding hydrogens is 272 g/mol. The molecule has 0 unspecified atom stereocenters. The molecule has 0 fully saturated rings. The van der Waals surface area contributed by atoms with E-state index >= 15 is 0 Å². The second kappa shape index (κ2) is 5.05. The smallest absolute Gasteiger partial charge is 0.222 e. The average Bonchev–Trinajstić information content (AvgIpc) is 3.03. The van der Waals surface area contributed by atoms with Crippen molar-refractivity contribution in [2.24, 2.45) is 0 Å². The molecule has 2 aromatic heterocycles. The van der Waals surface area contributed by atoms with Gasteiger partial charge in [0.05, 0.1) is 17.1 Å². The number of rotatable bonds is 3. The molecule has 8 nitrogen and oxygen atoms in total. The SMILES string of the molecule is CC(=O)Nc1nonc1-c1nc2ccccc2n1CC#N. The fourth-order valence-electron chi connectivity index (χ4n) is 2.07. The fraction of sp³-hybridized carbons (Fsp3) is 0.154. The maximum atomic E-state index is 11.2. The van der Waals surface area contributed by atoms with Crippen LogP contribution in [-0.4, -0.2) is 25.8 Å². The lowest BCUT2D eigenvalue weighted by Crippen LogP contribution is -2.08. The van der Waals surface area contributed by atoms with Crippen LogP contribution in [0.15, 0.2) is 28.9 Å². The van der Waals surface area contributed by atoms with Crippen LogP contribution in [0.4, 0.5) is 5.82 Å². The maximum Gasteiger partial charge on any atom is 0.222 e. The van der Waals surface area contributed by atoms with E-state index in [0.717, 1.165) is 11.0 Å². The van der Waals surface area contributed by atoms with Crippen LogP contribution in [-0.2, 0) is 11.3 Å². The van der Waals surface area contributed by atoms with E-state index in [2.05, 4.69) is 31.3 Å². The highest BCUT2D eigenvalue weighted by Gasteiger charge is 2.20. The molecule has 0 radical (unpaired) electrons. The van der Waals surface area contributed by atoms with Crippen molar-refractivity contribution in [3.05, 3.63) is 24.3 Å². The summed E-state index contributed by atoms with van der Waals surface area (Å²) >= 11 is 0. The van der Waals surface area contributed by atoms with Gasteiger partial charge in [-0.1, -0.05) is 12.1 Å². The zero-order valence-corrected chi connectivity index (χ0v) is 11.1.